The van der Waals surface area contributed by atoms with Crippen LogP contribution < -0.4 is 5.73 Å². The molecule has 2 N–H and O–H groups in total. The van der Waals surface area contributed by atoms with Crippen molar-refractivity contribution in [3.8, 4) is 0 Å². The highest BCUT2D eigenvalue weighted by atomic mass is 16.1. The molecular weight excluding hydrogens is 168 g/mol. The van der Waals surface area contributed by atoms with Crippen LogP contribution in [0.2, 0.25) is 0 Å². The normalized spacial score (nSPS) is 11.7. The minimum atomic E-state index is -0.485. The minimum Gasteiger partial charge on any atom is -0.325 e. The lowest BCUT2D eigenvalue weighted by molar-refractivity contribution is 0.0951. The summed E-state index contributed by atoms with van der Waals surface area (Å²) in [5, 5.41) is 7.30. The molecule has 0 fully saturated rings. The second-order valence-electron chi connectivity index (χ2n) is 3.83. The Morgan fingerprint density at radius 3 is 2.69 bits per heavy atom. The summed E-state index contributed by atoms with van der Waals surface area (Å²) in [5.41, 5.74) is 5.74. The third-order valence-corrected chi connectivity index (χ3v) is 1.62. The number of Topliss-reactive ketones (excluding diaryl/α,β-unsaturated/α-hetero) is 1. The van der Waals surface area contributed by atoms with E-state index in [2.05, 4.69) is 10.3 Å². The van der Waals surface area contributed by atoms with Gasteiger partial charge in [0.2, 0.25) is 0 Å². The standard InChI is InChI=1S/C8H14N4O/c1-8(2,9)4-7(13)6-5-10-11-12(6)3/h5H,4,9H2,1-3H3. The molecule has 1 aromatic heterocycles. The zero-order valence-corrected chi connectivity index (χ0v) is 8.11. The van der Waals surface area contributed by atoms with E-state index in [0.717, 1.165) is 0 Å². The van der Waals surface area contributed by atoms with Crippen molar-refractivity contribution in [1.82, 2.24) is 15.0 Å². The molecular formula is C8H14N4O. The summed E-state index contributed by atoms with van der Waals surface area (Å²) in [5.74, 6) is -0.0278. The Morgan fingerprint density at radius 2 is 2.31 bits per heavy atom. The van der Waals surface area contributed by atoms with Crippen LogP contribution in [0.3, 0.4) is 0 Å². The van der Waals surface area contributed by atoms with E-state index in [1.165, 1.54) is 10.9 Å². The molecule has 1 rings (SSSR count). The number of nitrogens with two attached hydrogens (primary N) is 1. The fraction of sp³-hybridized carbons (Fsp3) is 0.625. The molecule has 0 unspecified atom stereocenters. The predicted molar refractivity (Wildman–Crippen MR) is 48.2 cm³/mol. The quantitative estimate of drug-likeness (QED) is 0.674. The molecule has 0 saturated carbocycles. The van der Waals surface area contributed by atoms with E-state index < -0.39 is 5.54 Å². The number of aryl methyl sites for hydroxylation is 1. The Bertz CT molecular complexity index is 310. The summed E-state index contributed by atoms with van der Waals surface area (Å²) in [6.45, 7) is 3.63. The topological polar surface area (TPSA) is 73.8 Å². The second-order valence-corrected chi connectivity index (χ2v) is 3.83. The van der Waals surface area contributed by atoms with Crippen molar-refractivity contribution in [3.05, 3.63) is 11.9 Å². The average molecular weight is 182 g/mol. The van der Waals surface area contributed by atoms with E-state index in [4.69, 9.17) is 5.73 Å². The summed E-state index contributed by atoms with van der Waals surface area (Å²) in [7, 11) is 1.68. The number of carbonyl (C=O) groups excluding carboxylic acids is 1. The second kappa shape index (κ2) is 3.26. The molecule has 0 aliphatic heterocycles. The molecule has 0 bridgehead atoms. The molecule has 0 aliphatic rings. The number of rotatable bonds is 3. The van der Waals surface area contributed by atoms with Crippen molar-refractivity contribution in [2.75, 3.05) is 0 Å². The van der Waals surface area contributed by atoms with Crippen LogP contribution in [0, 0.1) is 0 Å². The van der Waals surface area contributed by atoms with Gasteiger partial charge in [-0.05, 0) is 13.8 Å². The van der Waals surface area contributed by atoms with Crippen LogP contribution in [0.4, 0.5) is 0 Å². The molecule has 5 nitrogen and oxygen atoms in total. The first-order chi connectivity index (χ1) is 5.90. The largest absolute Gasteiger partial charge is 0.325 e. The van der Waals surface area contributed by atoms with E-state index in [-0.39, 0.29) is 5.78 Å². The van der Waals surface area contributed by atoms with E-state index >= 15 is 0 Å². The van der Waals surface area contributed by atoms with Gasteiger partial charge >= 0.3 is 0 Å². The zero-order valence-electron chi connectivity index (χ0n) is 8.11. The van der Waals surface area contributed by atoms with E-state index in [1.807, 2.05) is 13.8 Å². The van der Waals surface area contributed by atoms with E-state index in [9.17, 15) is 4.79 Å². The van der Waals surface area contributed by atoms with Gasteiger partial charge in [-0.2, -0.15) is 0 Å². The van der Waals surface area contributed by atoms with Crippen LogP contribution in [-0.2, 0) is 7.05 Å². The van der Waals surface area contributed by atoms with Crippen LogP contribution in [-0.4, -0.2) is 26.3 Å². The van der Waals surface area contributed by atoms with Gasteiger partial charge in [-0.15, -0.1) is 5.10 Å². The Balaban J connectivity index is 2.76. The molecule has 0 saturated heterocycles. The maximum Gasteiger partial charge on any atom is 0.184 e. The minimum absolute atomic E-state index is 0.0278. The molecule has 13 heavy (non-hydrogen) atoms. The van der Waals surface area contributed by atoms with E-state index in [1.54, 1.807) is 7.05 Å². The van der Waals surface area contributed by atoms with Crippen molar-refractivity contribution in [2.45, 2.75) is 25.8 Å². The monoisotopic (exact) mass is 182 g/mol. The van der Waals surface area contributed by atoms with Crippen molar-refractivity contribution in [1.29, 1.82) is 0 Å². The highest BCUT2D eigenvalue weighted by molar-refractivity contribution is 5.94. The number of nitrogens with zero attached hydrogens (tertiary/aromatic N) is 3. The molecule has 0 radical (unpaired) electrons. The number of ketones is 1. The third-order valence-electron chi connectivity index (χ3n) is 1.62. The molecule has 0 spiro atoms. The summed E-state index contributed by atoms with van der Waals surface area (Å²) in [6.07, 6.45) is 1.75. The molecule has 0 aliphatic carbocycles. The Labute approximate surface area is 76.9 Å². The van der Waals surface area contributed by atoms with Crippen molar-refractivity contribution in [2.24, 2.45) is 12.8 Å². The van der Waals surface area contributed by atoms with Crippen LogP contribution >= 0.6 is 0 Å². The van der Waals surface area contributed by atoms with Gasteiger partial charge in [0.05, 0.1) is 6.20 Å². The number of hydrogen-bond donors (Lipinski definition) is 1. The Kier molecular flexibility index (Phi) is 2.47. The fourth-order valence-corrected chi connectivity index (χ4v) is 1.05. The van der Waals surface area contributed by atoms with Crippen LogP contribution in [0.15, 0.2) is 6.20 Å². The highest BCUT2D eigenvalue weighted by Gasteiger charge is 2.19. The summed E-state index contributed by atoms with van der Waals surface area (Å²) in [6, 6.07) is 0. The SMILES string of the molecule is Cn1nncc1C(=O)CC(C)(C)N. The molecule has 0 atom stereocenters. The maximum atomic E-state index is 11.6. The average Bonchev–Trinajstić information content (AvgIpc) is 2.30. The first-order valence-electron chi connectivity index (χ1n) is 4.07. The van der Waals surface area contributed by atoms with Gasteiger partial charge in [0.25, 0.3) is 0 Å². The molecule has 72 valence electrons. The van der Waals surface area contributed by atoms with Gasteiger partial charge in [0.15, 0.2) is 5.78 Å². The molecule has 1 aromatic rings. The lowest BCUT2D eigenvalue weighted by Gasteiger charge is -2.16. The molecule has 0 amide bonds. The smallest absolute Gasteiger partial charge is 0.184 e. The van der Waals surface area contributed by atoms with Gasteiger partial charge < -0.3 is 5.73 Å². The molecule has 5 heteroatoms. The lowest BCUT2D eigenvalue weighted by Crippen LogP contribution is -2.35. The van der Waals surface area contributed by atoms with Crippen molar-refractivity contribution >= 4 is 5.78 Å². The van der Waals surface area contributed by atoms with Gasteiger partial charge in [-0.1, -0.05) is 5.21 Å². The van der Waals surface area contributed by atoms with Crippen LogP contribution in [0.1, 0.15) is 30.8 Å². The van der Waals surface area contributed by atoms with Crippen molar-refractivity contribution < 1.29 is 4.79 Å². The van der Waals surface area contributed by atoms with E-state index in [0.29, 0.717) is 12.1 Å². The first kappa shape index (κ1) is 9.85. The van der Waals surface area contributed by atoms with Gasteiger partial charge in [-0.25, -0.2) is 4.68 Å². The summed E-state index contributed by atoms with van der Waals surface area (Å²) < 4.78 is 1.45. The van der Waals surface area contributed by atoms with Crippen molar-refractivity contribution in [3.63, 3.8) is 0 Å². The first-order valence-corrected chi connectivity index (χ1v) is 4.07. The van der Waals surface area contributed by atoms with Gasteiger partial charge in [-0.3, -0.25) is 4.79 Å². The molecule has 0 aromatic carbocycles. The van der Waals surface area contributed by atoms with Gasteiger partial charge in [0, 0.05) is 19.0 Å². The van der Waals surface area contributed by atoms with Gasteiger partial charge in [0.1, 0.15) is 5.69 Å². The number of aromatic nitrogens is 3. The summed E-state index contributed by atoms with van der Waals surface area (Å²) in [4.78, 5) is 11.6. The fourth-order valence-electron chi connectivity index (χ4n) is 1.05. The number of carbonyl (C=O) groups is 1. The summed E-state index contributed by atoms with van der Waals surface area (Å²) >= 11 is 0. The Morgan fingerprint density at radius 1 is 1.69 bits per heavy atom. The molecule has 1 heterocycles. The van der Waals surface area contributed by atoms with Crippen LogP contribution in [0.25, 0.3) is 0 Å². The maximum absolute atomic E-state index is 11.6. The van der Waals surface area contributed by atoms with Crippen LogP contribution in [0.5, 0.6) is 0 Å². The third kappa shape index (κ3) is 2.62. The number of hydrogen-bond acceptors (Lipinski definition) is 4. The predicted octanol–water partition coefficient (Wildman–Crippen LogP) is 0.125. The lowest BCUT2D eigenvalue weighted by atomic mass is 9.98. The zero-order chi connectivity index (χ0) is 10.1. The highest BCUT2D eigenvalue weighted by Crippen LogP contribution is 2.09. The Hall–Kier alpha value is -1.23.